The SMILES string of the molecule is COc1cc2c(cc1F)nc(N)n2C(C)c1cccs1. The maximum atomic E-state index is 13.7. The van der Waals surface area contributed by atoms with Crippen LogP contribution < -0.4 is 10.5 Å². The number of ether oxygens (including phenoxy) is 1. The van der Waals surface area contributed by atoms with E-state index in [0.717, 1.165) is 5.52 Å². The Bertz CT molecular complexity index is 751. The van der Waals surface area contributed by atoms with E-state index in [4.69, 9.17) is 10.5 Å². The molecular weight excluding hydrogens is 277 g/mol. The van der Waals surface area contributed by atoms with E-state index in [1.165, 1.54) is 18.1 Å². The Labute approximate surface area is 119 Å². The minimum Gasteiger partial charge on any atom is -0.494 e. The van der Waals surface area contributed by atoms with Crippen molar-refractivity contribution in [3.63, 3.8) is 0 Å². The lowest BCUT2D eigenvalue weighted by Crippen LogP contribution is -2.09. The van der Waals surface area contributed by atoms with Gasteiger partial charge in [0.25, 0.3) is 0 Å². The van der Waals surface area contributed by atoms with Crippen molar-refractivity contribution in [1.29, 1.82) is 0 Å². The zero-order valence-corrected chi connectivity index (χ0v) is 11.9. The summed E-state index contributed by atoms with van der Waals surface area (Å²) in [5.41, 5.74) is 7.29. The van der Waals surface area contributed by atoms with Gasteiger partial charge in [-0.05, 0) is 18.4 Å². The third kappa shape index (κ3) is 1.92. The zero-order valence-electron chi connectivity index (χ0n) is 11.1. The first kappa shape index (κ1) is 12.9. The molecule has 0 spiro atoms. The van der Waals surface area contributed by atoms with Crippen molar-refractivity contribution in [2.75, 3.05) is 12.8 Å². The molecule has 3 rings (SSSR count). The smallest absolute Gasteiger partial charge is 0.201 e. The van der Waals surface area contributed by atoms with Crippen molar-refractivity contribution in [1.82, 2.24) is 9.55 Å². The molecule has 0 aliphatic carbocycles. The number of nitrogen functional groups attached to an aromatic ring is 1. The summed E-state index contributed by atoms with van der Waals surface area (Å²) in [7, 11) is 1.44. The highest BCUT2D eigenvalue weighted by molar-refractivity contribution is 7.10. The minimum atomic E-state index is -0.437. The van der Waals surface area contributed by atoms with Crippen LogP contribution in [0.15, 0.2) is 29.6 Å². The molecule has 20 heavy (non-hydrogen) atoms. The number of fused-ring (bicyclic) bond motifs is 1. The standard InChI is InChI=1S/C14H14FN3OS/c1-8(13-4-3-5-20-13)18-11-7-12(19-2)9(15)6-10(11)17-14(18)16/h3-8H,1-2H3,(H2,16,17). The summed E-state index contributed by atoms with van der Waals surface area (Å²) in [6.07, 6.45) is 0. The van der Waals surface area contributed by atoms with Crippen LogP contribution in [0.1, 0.15) is 17.8 Å². The van der Waals surface area contributed by atoms with Crippen LogP contribution in [0.5, 0.6) is 5.75 Å². The number of imidazole rings is 1. The first-order valence-electron chi connectivity index (χ1n) is 6.16. The summed E-state index contributed by atoms with van der Waals surface area (Å²) in [6, 6.07) is 7.06. The van der Waals surface area contributed by atoms with Crippen LogP contribution in [0.25, 0.3) is 11.0 Å². The van der Waals surface area contributed by atoms with Crippen molar-refractivity contribution in [2.24, 2.45) is 0 Å². The van der Waals surface area contributed by atoms with Gasteiger partial charge >= 0.3 is 0 Å². The number of hydrogen-bond acceptors (Lipinski definition) is 4. The van der Waals surface area contributed by atoms with Gasteiger partial charge in [-0.2, -0.15) is 0 Å². The monoisotopic (exact) mass is 291 g/mol. The molecule has 4 nitrogen and oxygen atoms in total. The molecule has 0 saturated carbocycles. The highest BCUT2D eigenvalue weighted by Crippen LogP contribution is 2.32. The number of hydrogen-bond donors (Lipinski definition) is 1. The highest BCUT2D eigenvalue weighted by atomic mass is 32.1. The predicted octanol–water partition coefficient (Wildman–Crippen LogP) is 3.44. The molecule has 2 aromatic heterocycles. The quantitative estimate of drug-likeness (QED) is 0.804. The third-order valence-corrected chi connectivity index (χ3v) is 4.38. The van der Waals surface area contributed by atoms with Gasteiger partial charge in [-0.1, -0.05) is 6.07 Å². The van der Waals surface area contributed by atoms with Gasteiger partial charge in [-0.3, -0.25) is 0 Å². The van der Waals surface area contributed by atoms with Gasteiger partial charge in [0.1, 0.15) is 0 Å². The number of thiophene rings is 1. The molecule has 104 valence electrons. The molecule has 2 heterocycles. The van der Waals surface area contributed by atoms with Gasteiger partial charge in [0.05, 0.1) is 24.2 Å². The van der Waals surface area contributed by atoms with Crippen molar-refractivity contribution >= 4 is 28.3 Å². The van der Waals surface area contributed by atoms with E-state index in [-0.39, 0.29) is 11.8 Å². The molecule has 0 fully saturated rings. The predicted molar refractivity (Wildman–Crippen MR) is 78.8 cm³/mol. The topological polar surface area (TPSA) is 53.1 Å². The Hall–Kier alpha value is -2.08. The largest absolute Gasteiger partial charge is 0.494 e. The molecule has 0 aliphatic heterocycles. The van der Waals surface area contributed by atoms with Gasteiger partial charge in [-0.15, -0.1) is 11.3 Å². The zero-order chi connectivity index (χ0) is 14.3. The number of nitrogens with two attached hydrogens (primary N) is 1. The Kier molecular flexibility index (Phi) is 3.10. The first-order chi connectivity index (χ1) is 9.61. The lowest BCUT2D eigenvalue weighted by atomic mass is 10.2. The molecule has 1 atom stereocenters. The lowest BCUT2D eigenvalue weighted by molar-refractivity contribution is 0.387. The van der Waals surface area contributed by atoms with Crippen LogP contribution in [-0.4, -0.2) is 16.7 Å². The average molecular weight is 291 g/mol. The molecule has 1 unspecified atom stereocenters. The second-order valence-corrected chi connectivity index (χ2v) is 5.49. The fourth-order valence-corrected chi connectivity index (χ4v) is 3.11. The molecule has 6 heteroatoms. The van der Waals surface area contributed by atoms with E-state index in [0.29, 0.717) is 11.5 Å². The molecule has 0 aliphatic rings. The van der Waals surface area contributed by atoms with Crippen LogP contribution in [0, 0.1) is 5.82 Å². The summed E-state index contributed by atoms with van der Waals surface area (Å²) in [6.45, 7) is 2.04. The highest BCUT2D eigenvalue weighted by Gasteiger charge is 2.18. The number of halogens is 1. The normalized spacial score (nSPS) is 12.8. The maximum absolute atomic E-state index is 13.7. The second kappa shape index (κ2) is 4.79. The van der Waals surface area contributed by atoms with Crippen LogP contribution in [-0.2, 0) is 0 Å². The molecule has 2 N–H and O–H groups in total. The van der Waals surface area contributed by atoms with Crippen LogP contribution in [0.4, 0.5) is 10.3 Å². The van der Waals surface area contributed by atoms with Crippen molar-refractivity contribution in [3.05, 3.63) is 40.3 Å². The number of anilines is 1. The molecule has 0 amide bonds. The van der Waals surface area contributed by atoms with E-state index in [1.807, 2.05) is 29.0 Å². The summed E-state index contributed by atoms with van der Waals surface area (Å²) >= 11 is 1.65. The number of nitrogens with zero attached hydrogens (tertiary/aromatic N) is 2. The Balaban J connectivity index is 2.22. The van der Waals surface area contributed by atoms with Crippen LogP contribution in [0.3, 0.4) is 0 Å². The van der Waals surface area contributed by atoms with Gasteiger partial charge < -0.3 is 15.0 Å². The third-order valence-electron chi connectivity index (χ3n) is 3.33. The van der Waals surface area contributed by atoms with Crippen LogP contribution >= 0.6 is 11.3 Å². The summed E-state index contributed by atoms with van der Waals surface area (Å²) in [5, 5.41) is 2.02. The van der Waals surface area contributed by atoms with Crippen molar-refractivity contribution in [2.45, 2.75) is 13.0 Å². The number of rotatable bonds is 3. The molecule has 3 aromatic rings. The molecule has 0 bridgehead atoms. The van der Waals surface area contributed by atoms with Gasteiger partial charge in [0, 0.05) is 17.0 Å². The van der Waals surface area contributed by atoms with E-state index in [2.05, 4.69) is 4.98 Å². The Morgan fingerprint density at radius 3 is 2.90 bits per heavy atom. The molecule has 0 saturated heterocycles. The fourth-order valence-electron chi connectivity index (χ4n) is 2.34. The summed E-state index contributed by atoms with van der Waals surface area (Å²) in [4.78, 5) is 5.40. The van der Waals surface area contributed by atoms with E-state index in [9.17, 15) is 4.39 Å². The number of benzene rings is 1. The van der Waals surface area contributed by atoms with Crippen molar-refractivity contribution in [3.8, 4) is 5.75 Å². The van der Waals surface area contributed by atoms with E-state index < -0.39 is 5.82 Å². The molecule has 0 radical (unpaired) electrons. The number of aromatic nitrogens is 2. The molecule has 1 aromatic carbocycles. The Morgan fingerprint density at radius 2 is 2.25 bits per heavy atom. The minimum absolute atomic E-state index is 0.0372. The second-order valence-electron chi connectivity index (χ2n) is 4.51. The van der Waals surface area contributed by atoms with Crippen LogP contribution in [0.2, 0.25) is 0 Å². The summed E-state index contributed by atoms with van der Waals surface area (Å²) < 4.78 is 20.6. The van der Waals surface area contributed by atoms with E-state index in [1.54, 1.807) is 17.4 Å². The van der Waals surface area contributed by atoms with E-state index >= 15 is 0 Å². The Morgan fingerprint density at radius 1 is 1.45 bits per heavy atom. The van der Waals surface area contributed by atoms with Gasteiger partial charge in [0.15, 0.2) is 11.6 Å². The average Bonchev–Trinajstić information content (AvgIpc) is 3.03. The van der Waals surface area contributed by atoms with Gasteiger partial charge in [0.2, 0.25) is 5.95 Å². The maximum Gasteiger partial charge on any atom is 0.201 e. The summed E-state index contributed by atoms with van der Waals surface area (Å²) in [5.74, 6) is 0.124. The first-order valence-corrected chi connectivity index (χ1v) is 7.04. The fraction of sp³-hybridized carbons (Fsp3) is 0.214. The number of methoxy groups -OCH3 is 1. The molecular formula is C14H14FN3OS. The van der Waals surface area contributed by atoms with Crippen molar-refractivity contribution < 1.29 is 9.13 Å². The lowest BCUT2D eigenvalue weighted by Gasteiger charge is -2.14. The van der Waals surface area contributed by atoms with Gasteiger partial charge in [-0.25, -0.2) is 9.37 Å².